The van der Waals surface area contributed by atoms with Crippen molar-refractivity contribution in [3.63, 3.8) is 0 Å². The molecular formula is C5H10N2O3. The topological polar surface area (TPSA) is 70.0 Å². The lowest BCUT2D eigenvalue weighted by Crippen LogP contribution is -2.34. The van der Waals surface area contributed by atoms with Crippen molar-refractivity contribution in [1.82, 2.24) is 5.01 Å². The van der Waals surface area contributed by atoms with Gasteiger partial charge in [-0.25, -0.2) is 9.80 Å². The highest BCUT2D eigenvalue weighted by atomic mass is 16.4. The standard InChI is InChI=1S/C5H10N2O3/c1-3-7(6-10)4(2)5(8)9/h4H,3H2,1-2H3,(H,8,9). The fourth-order valence-corrected chi connectivity index (χ4v) is 0.530. The molecule has 0 rings (SSSR count). The molecule has 0 saturated carbocycles. The zero-order valence-corrected chi connectivity index (χ0v) is 5.94. The fraction of sp³-hybridized carbons (Fsp3) is 0.800. The number of nitrogens with zero attached hydrogens (tertiary/aromatic N) is 2. The van der Waals surface area contributed by atoms with Crippen molar-refractivity contribution < 1.29 is 9.90 Å². The molecule has 58 valence electrons. The summed E-state index contributed by atoms with van der Waals surface area (Å²) in [6, 6.07) is -0.831. The molecule has 0 heterocycles. The first kappa shape index (κ1) is 8.87. The van der Waals surface area contributed by atoms with Crippen LogP contribution < -0.4 is 0 Å². The molecule has 0 amide bonds. The monoisotopic (exact) mass is 146 g/mol. The molecule has 5 heteroatoms. The summed E-state index contributed by atoms with van der Waals surface area (Å²) in [5, 5.41) is 11.9. The molecule has 0 radical (unpaired) electrons. The highest BCUT2D eigenvalue weighted by Gasteiger charge is 2.17. The summed E-state index contributed by atoms with van der Waals surface area (Å²) in [6.07, 6.45) is 0. The minimum Gasteiger partial charge on any atom is -0.480 e. The Bertz CT molecular complexity index is 137. The van der Waals surface area contributed by atoms with E-state index in [9.17, 15) is 9.70 Å². The van der Waals surface area contributed by atoms with Crippen LogP contribution in [0.25, 0.3) is 0 Å². The summed E-state index contributed by atoms with van der Waals surface area (Å²) < 4.78 is 0. The van der Waals surface area contributed by atoms with Gasteiger partial charge in [0.05, 0.1) is 5.29 Å². The van der Waals surface area contributed by atoms with Crippen LogP contribution in [0.2, 0.25) is 0 Å². The summed E-state index contributed by atoms with van der Waals surface area (Å²) in [7, 11) is 0. The predicted octanol–water partition coefficient (Wildman–Crippen LogP) is 0.463. The summed E-state index contributed by atoms with van der Waals surface area (Å²) in [5.74, 6) is -1.04. The third kappa shape index (κ3) is 2.00. The van der Waals surface area contributed by atoms with Crippen LogP contribution in [0.1, 0.15) is 13.8 Å². The van der Waals surface area contributed by atoms with Crippen LogP contribution in [0.3, 0.4) is 0 Å². The smallest absolute Gasteiger partial charge is 0.327 e. The second-order valence-electron chi connectivity index (χ2n) is 1.85. The Morgan fingerprint density at radius 3 is 2.40 bits per heavy atom. The fourth-order valence-electron chi connectivity index (χ4n) is 0.530. The lowest BCUT2D eigenvalue weighted by atomic mass is 10.3. The molecule has 0 aliphatic heterocycles. The molecule has 0 aliphatic rings. The largest absolute Gasteiger partial charge is 0.480 e. The maximum atomic E-state index is 10.2. The van der Waals surface area contributed by atoms with Crippen molar-refractivity contribution in [3.8, 4) is 0 Å². The number of aliphatic carboxylic acids is 1. The highest BCUT2D eigenvalue weighted by Crippen LogP contribution is 1.97. The Labute approximate surface area is 58.6 Å². The molecule has 5 nitrogen and oxygen atoms in total. The van der Waals surface area contributed by atoms with Gasteiger partial charge < -0.3 is 5.11 Å². The molecule has 10 heavy (non-hydrogen) atoms. The third-order valence-corrected chi connectivity index (χ3v) is 1.23. The maximum Gasteiger partial charge on any atom is 0.327 e. The van der Waals surface area contributed by atoms with Crippen LogP contribution in [-0.4, -0.2) is 28.7 Å². The number of hydrogen-bond donors (Lipinski definition) is 1. The van der Waals surface area contributed by atoms with Crippen LogP contribution in [0, 0.1) is 4.91 Å². The summed E-state index contributed by atoms with van der Waals surface area (Å²) in [6.45, 7) is 3.39. The second kappa shape index (κ2) is 3.81. The van der Waals surface area contributed by atoms with Gasteiger partial charge in [-0.05, 0) is 13.8 Å². The predicted molar refractivity (Wildman–Crippen MR) is 35.3 cm³/mol. The van der Waals surface area contributed by atoms with Gasteiger partial charge in [0, 0.05) is 6.54 Å². The molecule has 0 spiro atoms. The van der Waals surface area contributed by atoms with E-state index in [1.54, 1.807) is 6.92 Å². The van der Waals surface area contributed by atoms with Crippen LogP contribution in [0.15, 0.2) is 5.29 Å². The van der Waals surface area contributed by atoms with Gasteiger partial charge in [-0.1, -0.05) is 0 Å². The molecule has 0 bridgehead atoms. The Kier molecular flexibility index (Phi) is 3.38. The first-order chi connectivity index (χ1) is 4.63. The van der Waals surface area contributed by atoms with E-state index >= 15 is 0 Å². The molecule has 1 unspecified atom stereocenters. The van der Waals surface area contributed by atoms with Crippen molar-refractivity contribution in [3.05, 3.63) is 4.91 Å². The van der Waals surface area contributed by atoms with E-state index in [1.807, 2.05) is 0 Å². The Balaban J connectivity index is 4.00. The number of likely N-dealkylation sites (N-methyl/N-ethyl adjacent to an activating group) is 1. The number of hydrogen-bond acceptors (Lipinski definition) is 3. The minimum atomic E-state index is -1.04. The minimum absolute atomic E-state index is 0.316. The van der Waals surface area contributed by atoms with E-state index in [0.717, 1.165) is 5.01 Å². The number of nitroso groups, excluding NO2 is 1. The molecule has 0 aromatic heterocycles. The lowest BCUT2D eigenvalue weighted by molar-refractivity contribution is -0.142. The van der Waals surface area contributed by atoms with Crippen molar-refractivity contribution in [1.29, 1.82) is 0 Å². The van der Waals surface area contributed by atoms with Crippen molar-refractivity contribution in [2.24, 2.45) is 5.29 Å². The summed E-state index contributed by atoms with van der Waals surface area (Å²) in [4.78, 5) is 20.1. The van der Waals surface area contributed by atoms with E-state index in [1.165, 1.54) is 6.92 Å². The van der Waals surface area contributed by atoms with Gasteiger partial charge in [0.2, 0.25) is 0 Å². The molecule has 0 aliphatic carbocycles. The van der Waals surface area contributed by atoms with Crippen LogP contribution in [0.5, 0.6) is 0 Å². The average Bonchev–Trinajstić information content (AvgIpc) is 1.90. The molecule has 0 fully saturated rings. The molecule has 0 aromatic rings. The van der Waals surface area contributed by atoms with E-state index in [2.05, 4.69) is 5.29 Å². The van der Waals surface area contributed by atoms with Gasteiger partial charge in [0.25, 0.3) is 0 Å². The average molecular weight is 146 g/mol. The SMILES string of the molecule is CCN(N=O)C(C)C(=O)O. The number of carboxylic acid groups (broad SMARTS) is 1. The van der Waals surface area contributed by atoms with Gasteiger partial charge in [-0.2, -0.15) is 0 Å². The van der Waals surface area contributed by atoms with Gasteiger partial charge in [-0.15, -0.1) is 4.91 Å². The number of carbonyl (C=O) groups is 1. The van der Waals surface area contributed by atoms with Gasteiger partial charge >= 0.3 is 5.97 Å². The molecular weight excluding hydrogens is 136 g/mol. The molecule has 0 saturated heterocycles. The molecule has 0 aromatic carbocycles. The van der Waals surface area contributed by atoms with Crippen molar-refractivity contribution in [2.45, 2.75) is 19.9 Å². The van der Waals surface area contributed by atoms with Crippen molar-refractivity contribution >= 4 is 5.97 Å². The number of carboxylic acids is 1. The Morgan fingerprint density at radius 2 is 2.30 bits per heavy atom. The summed E-state index contributed by atoms with van der Waals surface area (Å²) in [5.41, 5.74) is 0. The lowest BCUT2D eigenvalue weighted by Gasteiger charge is -2.16. The Hall–Kier alpha value is -1.13. The quantitative estimate of drug-likeness (QED) is 0.462. The van der Waals surface area contributed by atoms with E-state index in [-0.39, 0.29) is 0 Å². The van der Waals surface area contributed by atoms with E-state index in [4.69, 9.17) is 5.11 Å². The first-order valence-corrected chi connectivity index (χ1v) is 2.96. The van der Waals surface area contributed by atoms with E-state index in [0.29, 0.717) is 6.54 Å². The third-order valence-electron chi connectivity index (χ3n) is 1.23. The summed E-state index contributed by atoms with van der Waals surface area (Å²) >= 11 is 0. The number of rotatable bonds is 4. The van der Waals surface area contributed by atoms with Gasteiger partial charge in [-0.3, -0.25) is 0 Å². The highest BCUT2D eigenvalue weighted by molar-refractivity contribution is 5.72. The zero-order valence-electron chi connectivity index (χ0n) is 5.94. The van der Waals surface area contributed by atoms with E-state index < -0.39 is 12.0 Å². The second-order valence-corrected chi connectivity index (χ2v) is 1.85. The molecule has 1 N–H and O–H groups in total. The van der Waals surface area contributed by atoms with Crippen molar-refractivity contribution in [2.75, 3.05) is 6.54 Å². The maximum absolute atomic E-state index is 10.2. The zero-order chi connectivity index (χ0) is 8.15. The molecule has 1 atom stereocenters. The van der Waals surface area contributed by atoms with Crippen LogP contribution in [0.4, 0.5) is 0 Å². The van der Waals surface area contributed by atoms with Gasteiger partial charge in [0.1, 0.15) is 6.04 Å². The van der Waals surface area contributed by atoms with Crippen LogP contribution >= 0.6 is 0 Å². The Morgan fingerprint density at radius 1 is 1.80 bits per heavy atom. The van der Waals surface area contributed by atoms with Crippen LogP contribution in [-0.2, 0) is 4.79 Å². The normalized spacial score (nSPS) is 12.2. The van der Waals surface area contributed by atoms with Gasteiger partial charge in [0.15, 0.2) is 0 Å². The first-order valence-electron chi connectivity index (χ1n) is 2.96.